The molecule has 0 fully saturated rings. The van der Waals surface area contributed by atoms with Crippen molar-refractivity contribution in [3.8, 4) is 0 Å². The molecule has 0 spiro atoms. The van der Waals surface area contributed by atoms with Gasteiger partial charge in [0, 0.05) is 5.57 Å². The Hall–Kier alpha value is -3.61. The van der Waals surface area contributed by atoms with Crippen molar-refractivity contribution in [2.45, 2.75) is 67.0 Å². The summed E-state index contributed by atoms with van der Waals surface area (Å²) in [5.74, 6) is -2.35. The smallest absolute Gasteiger partial charge is 0.416 e. The lowest BCUT2D eigenvalue weighted by molar-refractivity contribution is -0.138. The van der Waals surface area contributed by atoms with Crippen molar-refractivity contribution in [1.82, 2.24) is 0 Å². The van der Waals surface area contributed by atoms with Crippen molar-refractivity contribution in [2.24, 2.45) is 5.41 Å². The van der Waals surface area contributed by atoms with E-state index in [1.807, 2.05) is 41.5 Å². The van der Waals surface area contributed by atoms with E-state index in [4.69, 9.17) is 0 Å². The van der Waals surface area contributed by atoms with Gasteiger partial charge in [-0.25, -0.2) is 0 Å². The minimum atomic E-state index is -4.48. The topological polar surface area (TPSA) is 74.6 Å². The second-order valence-electron chi connectivity index (χ2n) is 10.2. The van der Waals surface area contributed by atoms with E-state index < -0.39 is 40.2 Å². The van der Waals surface area contributed by atoms with Gasteiger partial charge in [-0.05, 0) is 84.6 Å². The Balaban J connectivity index is 2.73. The maximum atomic E-state index is 13.9. The van der Waals surface area contributed by atoms with E-state index in [2.05, 4.69) is 0 Å². The molecule has 2 N–H and O–H groups in total. The van der Waals surface area contributed by atoms with Gasteiger partial charge in [0.25, 0.3) is 0 Å². The van der Waals surface area contributed by atoms with Crippen molar-refractivity contribution >= 4 is 17.6 Å². The number of carbonyl (C=O) groups excluding carboxylic acids is 2. The van der Waals surface area contributed by atoms with Crippen LogP contribution in [0.2, 0.25) is 0 Å². The molecule has 0 unspecified atom stereocenters. The minimum absolute atomic E-state index is 0.0274. The molecule has 4 nitrogen and oxygen atoms in total. The Kier molecular flexibility index (Phi) is 9.90. The van der Waals surface area contributed by atoms with Crippen LogP contribution in [0.4, 0.5) is 13.2 Å². The highest BCUT2D eigenvalue weighted by Crippen LogP contribution is 2.44. The van der Waals surface area contributed by atoms with Crippen LogP contribution in [-0.2, 0) is 15.8 Å². The van der Waals surface area contributed by atoms with Crippen LogP contribution < -0.4 is 0 Å². The summed E-state index contributed by atoms with van der Waals surface area (Å²) in [5, 5.41) is 22.0. The highest BCUT2D eigenvalue weighted by molar-refractivity contribution is 6.25. The van der Waals surface area contributed by atoms with Gasteiger partial charge in [0.05, 0.1) is 5.56 Å². The Morgan fingerprint density at radius 3 is 1.79 bits per heavy atom. The lowest BCUT2D eigenvalue weighted by Crippen LogP contribution is -2.45. The number of benzene rings is 1. The number of halogens is 3. The van der Waals surface area contributed by atoms with Gasteiger partial charge < -0.3 is 10.2 Å². The average molecular weight is 529 g/mol. The van der Waals surface area contributed by atoms with Crippen LogP contribution in [0, 0.1) is 5.41 Å². The predicted molar refractivity (Wildman–Crippen MR) is 144 cm³/mol. The summed E-state index contributed by atoms with van der Waals surface area (Å²) in [6.45, 7) is 11.1. The Labute approximate surface area is 222 Å². The van der Waals surface area contributed by atoms with Gasteiger partial charge in [0.15, 0.2) is 11.6 Å². The van der Waals surface area contributed by atoms with Crippen LogP contribution in [0.3, 0.4) is 0 Å². The van der Waals surface area contributed by atoms with E-state index in [1.165, 1.54) is 18.2 Å². The number of Topliss-reactive ketones (excluding diaryl/α,β-unsaturated/α-hetero) is 2. The van der Waals surface area contributed by atoms with Crippen LogP contribution in [0.25, 0.3) is 6.08 Å². The lowest BCUT2D eigenvalue weighted by Gasteiger charge is -2.35. The summed E-state index contributed by atoms with van der Waals surface area (Å²) < 4.78 is 38.6. The third kappa shape index (κ3) is 7.24. The van der Waals surface area contributed by atoms with Gasteiger partial charge in [0.1, 0.15) is 22.5 Å². The summed E-state index contributed by atoms with van der Waals surface area (Å²) in [7, 11) is 0. The van der Waals surface area contributed by atoms with Crippen molar-refractivity contribution in [2.75, 3.05) is 0 Å². The number of carbonyl (C=O) groups is 2. The van der Waals surface area contributed by atoms with Gasteiger partial charge in [0.2, 0.25) is 0 Å². The van der Waals surface area contributed by atoms with Gasteiger partial charge in [-0.3, -0.25) is 9.59 Å². The van der Waals surface area contributed by atoms with Crippen LogP contribution in [0.1, 0.15) is 71.9 Å². The first-order valence-electron chi connectivity index (χ1n) is 12.3. The van der Waals surface area contributed by atoms with E-state index in [9.17, 15) is 33.0 Å². The average Bonchev–Trinajstić information content (AvgIpc) is 2.81. The van der Waals surface area contributed by atoms with E-state index in [0.717, 1.165) is 34.9 Å². The third-order valence-electron chi connectivity index (χ3n) is 6.25. The van der Waals surface area contributed by atoms with Crippen molar-refractivity contribution in [3.63, 3.8) is 0 Å². The monoisotopic (exact) mass is 528 g/mol. The first kappa shape index (κ1) is 30.6. The number of ketones is 2. The number of alkyl halides is 3. The number of aliphatic hydroxyl groups is 2. The van der Waals surface area contributed by atoms with Crippen molar-refractivity contribution < 1.29 is 33.0 Å². The fourth-order valence-corrected chi connectivity index (χ4v) is 3.98. The summed E-state index contributed by atoms with van der Waals surface area (Å²) >= 11 is 0. The van der Waals surface area contributed by atoms with E-state index in [-0.39, 0.29) is 30.4 Å². The SMILES string of the molecule is CC(C)=CCC1=C(O)C(=C(O)/C=C/c2ccc(C(F)(F)F)cc2)C(=O)C(CC=C(C)C)(CC=C(C)C)C1=O. The van der Waals surface area contributed by atoms with Crippen LogP contribution in [-0.4, -0.2) is 21.8 Å². The second-order valence-corrected chi connectivity index (χ2v) is 10.2. The third-order valence-corrected chi connectivity index (χ3v) is 6.25. The molecule has 2 rings (SSSR count). The molecule has 1 aromatic carbocycles. The number of aliphatic hydroxyl groups excluding tert-OH is 2. The zero-order valence-electron chi connectivity index (χ0n) is 22.7. The van der Waals surface area contributed by atoms with Gasteiger partial charge in [-0.1, -0.05) is 53.2 Å². The molecule has 0 atom stereocenters. The normalized spacial score (nSPS) is 17.0. The molecule has 7 heteroatoms. The van der Waals surface area contributed by atoms with E-state index in [1.54, 1.807) is 18.2 Å². The molecule has 0 radical (unpaired) electrons. The number of allylic oxidation sites excluding steroid dienone is 9. The van der Waals surface area contributed by atoms with Crippen LogP contribution >= 0.6 is 0 Å². The van der Waals surface area contributed by atoms with Gasteiger partial charge in [-0.2, -0.15) is 13.2 Å². The second kappa shape index (κ2) is 12.3. The van der Waals surface area contributed by atoms with Crippen LogP contribution in [0.5, 0.6) is 0 Å². The minimum Gasteiger partial charge on any atom is -0.507 e. The molecule has 0 aliphatic heterocycles. The van der Waals surface area contributed by atoms with E-state index >= 15 is 0 Å². The molecule has 38 heavy (non-hydrogen) atoms. The number of hydrogen-bond acceptors (Lipinski definition) is 4. The molecule has 1 aromatic rings. The van der Waals surface area contributed by atoms with Crippen LogP contribution in [0.15, 0.2) is 88.0 Å². The highest BCUT2D eigenvalue weighted by Gasteiger charge is 2.52. The fourth-order valence-electron chi connectivity index (χ4n) is 3.98. The lowest BCUT2D eigenvalue weighted by atomic mass is 9.64. The standard InChI is InChI=1S/C31H35F3O4/c1-19(2)7-13-24-27(36)26(25(35)14-10-22-8-11-23(12-9-22)31(32,33)34)29(38)30(28(24)37,17-15-20(3)4)18-16-21(5)6/h7-12,14-16,35-36H,13,17-18H2,1-6H3/b14-10+,26-25?. The molecule has 0 heterocycles. The molecule has 1 aliphatic rings. The Morgan fingerprint density at radius 2 is 1.34 bits per heavy atom. The quantitative estimate of drug-likeness (QED) is 0.153. The Bertz CT molecular complexity index is 1230. The first-order valence-corrected chi connectivity index (χ1v) is 12.3. The molecule has 0 bridgehead atoms. The molecule has 0 amide bonds. The molecular weight excluding hydrogens is 493 g/mol. The maximum Gasteiger partial charge on any atom is 0.416 e. The predicted octanol–water partition coefficient (Wildman–Crippen LogP) is 8.55. The zero-order valence-corrected chi connectivity index (χ0v) is 22.7. The number of hydrogen-bond donors (Lipinski definition) is 2. The fraction of sp³-hybridized carbons (Fsp3) is 0.355. The Morgan fingerprint density at radius 1 is 0.842 bits per heavy atom. The van der Waals surface area contributed by atoms with E-state index in [0.29, 0.717) is 5.56 Å². The summed E-state index contributed by atoms with van der Waals surface area (Å²) in [4.78, 5) is 27.7. The molecule has 0 aromatic heterocycles. The molecule has 1 aliphatic carbocycles. The highest BCUT2D eigenvalue weighted by atomic mass is 19.4. The summed E-state index contributed by atoms with van der Waals surface area (Å²) in [6.07, 6.45) is 3.60. The number of rotatable bonds is 8. The van der Waals surface area contributed by atoms with Gasteiger partial charge in [-0.15, -0.1) is 0 Å². The summed E-state index contributed by atoms with van der Waals surface area (Å²) in [5.41, 5.74) is 0.341. The summed E-state index contributed by atoms with van der Waals surface area (Å²) in [6, 6.07) is 4.28. The molecule has 0 saturated carbocycles. The largest absolute Gasteiger partial charge is 0.507 e. The molecule has 204 valence electrons. The van der Waals surface area contributed by atoms with Crippen molar-refractivity contribution in [3.05, 3.63) is 99.1 Å². The molecular formula is C31H35F3O4. The molecule has 0 saturated heterocycles. The van der Waals surface area contributed by atoms with Gasteiger partial charge >= 0.3 is 6.18 Å². The zero-order chi connectivity index (χ0) is 28.8. The maximum absolute atomic E-state index is 13.9. The first-order chi connectivity index (χ1) is 17.6. The van der Waals surface area contributed by atoms with Crippen molar-refractivity contribution in [1.29, 1.82) is 0 Å².